The molecule has 0 bridgehead atoms. The van der Waals surface area contributed by atoms with E-state index in [4.69, 9.17) is 23.2 Å². The first-order valence-corrected chi connectivity index (χ1v) is 4.81. The van der Waals surface area contributed by atoms with Crippen molar-refractivity contribution < 1.29 is 0 Å². The second-order valence-corrected chi connectivity index (χ2v) is 2.94. The van der Waals surface area contributed by atoms with Gasteiger partial charge in [-0.05, 0) is 25.9 Å². The lowest BCUT2D eigenvalue weighted by atomic mass is 10.2. The Hall–Kier alpha value is 0.540. The van der Waals surface area contributed by atoms with Crippen LogP contribution < -0.4 is 5.32 Å². The normalized spacial score (nSPS) is 17.4. The summed E-state index contributed by atoms with van der Waals surface area (Å²) in [5, 5.41) is 3.28. The smallest absolute Gasteiger partial charge is 0.0359 e. The van der Waals surface area contributed by atoms with Gasteiger partial charge in [-0.1, -0.05) is 6.42 Å². The van der Waals surface area contributed by atoms with Crippen LogP contribution in [0.1, 0.15) is 19.3 Å². The first kappa shape index (κ1) is 10.5. The zero-order valence-corrected chi connectivity index (χ0v) is 7.72. The molecule has 1 rings (SSSR count). The largest absolute Gasteiger partial charge is 0.317 e. The third kappa shape index (κ3) is 8.54. The fourth-order valence-corrected chi connectivity index (χ4v) is 0.802. The average Bonchev–Trinajstić information content (AvgIpc) is 2.08. The Morgan fingerprint density at radius 2 is 1.40 bits per heavy atom. The minimum atomic E-state index is 0.557. The molecule has 1 aliphatic heterocycles. The van der Waals surface area contributed by atoms with Crippen molar-refractivity contribution in [3.05, 3.63) is 0 Å². The van der Waals surface area contributed by atoms with Gasteiger partial charge in [0.25, 0.3) is 0 Å². The van der Waals surface area contributed by atoms with Gasteiger partial charge < -0.3 is 5.32 Å². The molecule has 1 nitrogen and oxygen atoms in total. The molecule has 3 heteroatoms. The standard InChI is InChI=1S/C5H11N.C2H4Cl2/c1-2-4-6-5-3-1;3-1-2-4/h6H,1-5H2;1-2H2. The summed E-state index contributed by atoms with van der Waals surface area (Å²) in [7, 11) is 0. The Labute approximate surface area is 73.1 Å². The van der Waals surface area contributed by atoms with Gasteiger partial charge in [0.05, 0.1) is 0 Å². The maximum absolute atomic E-state index is 5.05. The van der Waals surface area contributed by atoms with Crippen LogP contribution in [0.5, 0.6) is 0 Å². The average molecular weight is 184 g/mol. The zero-order chi connectivity index (χ0) is 7.66. The van der Waals surface area contributed by atoms with E-state index in [1.54, 1.807) is 0 Å². The van der Waals surface area contributed by atoms with E-state index in [0.29, 0.717) is 11.8 Å². The van der Waals surface area contributed by atoms with E-state index in [9.17, 15) is 0 Å². The molecular formula is C7H15Cl2N. The van der Waals surface area contributed by atoms with Crippen LogP contribution in [-0.4, -0.2) is 24.8 Å². The van der Waals surface area contributed by atoms with Gasteiger partial charge in [0.1, 0.15) is 0 Å². The van der Waals surface area contributed by atoms with Crippen LogP contribution >= 0.6 is 23.2 Å². The molecule has 0 amide bonds. The molecular weight excluding hydrogens is 169 g/mol. The Kier molecular flexibility index (Phi) is 10.1. The van der Waals surface area contributed by atoms with Crippen molar-refractivity contribution in [2.75, 3.05) is 24.8 Å². The van der Waals surface area contributed by atoms with Crippen LogP contribution in [0.3, 0.4) is 0 Å². The Bertz CT molecular complexity index is 42.1. The van der Waals surface area contributed by atoms with E-state index in [1.807, 2.05) is 0 Å². The monoisotopic (exact) mass is 183 g/mol. The lowest BCUT2D eigenvalue weighted by Gasteiger charge is -2.08. The summed E-state index contributed by atoms with van der Waals surface area (Å²) >= 11 is 10.1. The molecule has 0 atom stereocenters. The molecule has 1 saturated heterocycles. The van der Waals surface area contributed by atoms with Crippen molar-refractivity contribution >= 4 is 23.2 Å². The molecule has 62 valence electrons. The topological polar surface area (TPSA) is 12.0 Å². The molecule has 0 aromatic rings. The summed E-state index contributed by atoms with van der Waals surface area (Å²) in [5.41, 5.74) is 0. The van der Waals surface area contributed by atoms with E-state index in [1.165, 1.54) is 32.4 Å². The fraction of sp³-hybridized carbons (Fsp3) is 1.00. The molecule has 0 unspecified atom stereocenters. The summed E-state index contributed by atoms with van der Waals surface area (Å²) < 4.78 is 0. The van der Waals surface area contributed by atoms with Crippen molar-refractivity contribution in [3.63, 3.8) is 0 Å². The quantitative estimate of drug-likeness (QED) is 0.616. The lowest BCUT2D eigenvalue weighted by Crippen LogP contribution is -2.21. The van der Waals surface area contributed by atoms with Gasteiger partial charge in [-0.15, -0.1) is 23.2 Å². The number of nitrogens with one attached hydrogen (secondary N) is 1. The molecule has 0 saturated carbocycles. The van der Waals surface area contributed by atoms with Crippen molar-refractivity contribution in [2.45, 2.75) is 19.3 Å². The number of rotatable bonds is 1. The third-order valence-corrected chi connectivity index (χ3v) is 1.85. The van der Waals surface area contributed by atoms with Gasteiger partial charge in [-0.2, -0.15) is 0 Å². The Balaban J connectivity index is 0.000000180. The molecule has 0 spiro atoms. The molecule has 10 heavy (non-hydrogen) atoms. The molecule has 1 fully saturated rings. The number of hydrogen-bond donors (Lipinski definition) is 1. The second kappa shape index (κ2) is 9.54. The minimum absolute atomic E-state index is 0.557. The van der Waals surface area contributed by atoms with E-state index < -0.39 is 0 Å². The Morgan fingerprint density at radius 3 is 1.50 bits per heavy atom. The van der Waals surface area contributed by atoms with Gasteiger partial charge in [-0.3, -0.25) is 0 Å². The SMILES string of the molecule is C1CCNCC1.ClCCCl. The highest BCUT2D eigenvalue weighted by Gasteiger charge is 1.93. The zero-order valence-electron chi connectivity index (χ0n) is 6.21. The Morgan fingerprint density at radius 1 is 0.900 bits per heavy atom. The maximum Gasteiger partial charge on any atom is 0.0359 e. The van der Waals surface area contributed by atoms with Gasteiger partial charge in [0, 0.05) is 11.8 Å². The molecule has 1 heterocycles. The molecule has 0 radical (unpaired) electrons. The molecule has 0 aromatic carbocycles. The third-order valence-electron chi connectivity index (χ3n) is 1.28. The summed E-state index contributed by atoms with van der Waals surface area (Å²) in [4.78, 5) is 0. The van der Waals surface area contributed by atoms with Gasteiger partial charge in [0.2, 0.25) is 0 Å². The van der Waals surface area contributed by atoms with E-state index in [2.05, 4.69) is 5.32 Å². The summed E-state index contributed by atoms with van der Waals surface area (Å²) in [6.45, 7) is 2.50. The second-order valence-electron chi connectivity index (χ2n) is 2.19. The molecule has 1 N–H and O–H groups in total. The van der Waals surface area contributed by atoms with Crippen LogP contribution in [0.25, 0.3) is 0 Å². The van der Waals surface area contributed by atoms with Crippen LogP contribution in [0.4, 0.5) is 0 Å². The summed E-state index contributed by atoms with van der Waals surface area (Å²) in [5.74, 6) is 1.11. The number of piperidine rings is 1. The first-order chi connectivity index (χ1) is 4.91. The molecule has 0 aliphatic carbocycles. The van der Waals surface area contributed by atoms with Crippen LogP contribution in [-0.2, 0) is 0 Å². The first-order valence-electron chi connectivity index (χ1n) is 3.74. The van der Waals surface area contributed by atoms with Gasteiger partial charge >= 0.3 is 0 Å². The van der Waals surface area contributed by atoms with Crippen LogP contribution in [0.2, 0.25) is 0 Å². The predicted molar refractivity (Wildman–Crippen MR) is 48.2 cm³/mol. The number of alkyl halides is 2. The van der Waals surface area contributed by atoms with Crippen molar-refractivity contribution in [2.24, 2.45) is 0 Å². The predicted octanol–water partition coefficient (Wildman–Crippen LogP) is 2.22. The highest BCUT2D eigenvalue weighted by Crippen LogP contribution is 1.96. The van der Waals surface area contributed by atoms with E-state index in [-0.39, 0.29) is 0 Å². The molecule has 0 aromatic heterocycles. The fourth-order valence-electron chi connectivity index (χ4n) is 0.802. The van der Waals surface area contributed by atoms with Crippen molar-refractivity contribution in [3.8, 4) is 0 Å². The minimum Gasteiger partial charge on any atom is -0.317 e. The van der Waals surface area contributed by atoms with Crippen molar-refractivity contribution in [1.82, 2.24) is 5.32 Å². The van der Waals surface area contributed by atoms with Crippen LogP contribution in [0.15, 0.2) is 0 Å². The molecule has 1 aliphatic rings. The number of hydrogen-bond acceptors (Lipinski definition) is 1. The highest BCUT2D eigenvalue weighted by atomic mass is 35.5. The van der Waals surface area contributed by atoms with E-state index >= 15 is 0 Å². The maximum atomic E-state index is 5.05. The van der Waals surface area contributed by atoms with Gasteiger partial charge in [0.15, 0.2) is 0 Å². The van der Waals surface area contributed by atoms with E-state index in [0.717, 1.165) is 0 Å². The van der Waals surface area contributed by atoms with Crippen LogP contribution in [0, 0.1) is 0 Å². The summed E-state index contributed by atoms with van der Waals surface area (Å²) in [6.07, 6.45) is 4.22. The lowest BCUT2D eigenvalue weighted by molar-refractivity contribution is 0.520. The number of halogens is 2. The summed E-state index contributed by atoms with van der Waals surface area (Å²) in [6, 6.07) is 0. The van der Waals surface area contributed by atoms with Crippen molar-refractivity contribution in [1.29, 1.82) is 0 Å². The highest BCUT2D eigenvalue weighted by molar-refractivity contribution is 6.25. The van der Waals surface area contributed by atoms with Gasteiger partial charge in [-0.25, -0.2) is 0 Å².